The molecule has 4 heterocycles. The molecule has 0 spiro atoms. The first kappa shape index (κ1) is 63.1. The van der Waals surface area contributed by atoms with E-state index < -0.39 is 0 Å². The molecule has 0 aliphatic carbocycles. The molecule has 0 N–H and O–H groups in total. The number of hydrogen-bond acceptors (Lipinski definition) is 0. The molecular weight excluding hydrogens is 1280 g/mol. The molecule has 0 radical (unpaired) electrons. The maximum absolute atomic E-state index is 2.43. The molecule has 0 saturated carbocycles. The Labute approximate surface area is 617 Å². The summed E-state index contributed by atoms with van der Waals surface area (Å²) >= 11 is 0. The van der Waals surface area contributed by atoms with Crippen LogP contribution in [0.5, 0.6) is 0 Å². The molecular formula is C102H72N4. The van der Waals surface area contributed by atoms with Crippen molar-refractivity contribution >= 4 is 65.2 Å². The number of aryl methyl sites for hydroxylation is 2. The molecule has 4 aromatic heterocycles. The lowest BCUT2D eigenvalue weighted by Crippen LogP contribution is -1.98. The molecule has 0 bridgehead atoms. The van der Waals surface area contributed by atoms with Gasteiger partial charge >= 0.3 is 0 Å². The molecule has 500 valence electrons. The predicted molar refractivity (Wildman–Crippen MR) is 448 cm³/mol. The molecule has 0 aliphatic rings. The molecule has 20 aromatic rings. The van der Waals surface area contributed by atoms with E-state index in [2.05, 4.69) is 432 Å². The van der Waals surface area contributed by atoms with Gasteiger partial charge in [-0.3, -0.25) is 0 Å². The molecule has 0 atom stereocenters. The summed E-state index contributed by atoms with van der Waals surface area (Å²) in [6, 6.07) is 146. The number of aromatic nitrogens is 4. The minimum absolute atomic E-state index is 1.13. The van der Waals surface area contributed by atoms with Gasteiger partial charge in [0, 0.05) is 44.3 Å². The maximum Gasteiger partial charge on any atom is 0.0542 e. The van der Waals surface area contributed by atoms with E-state index in [1.807, 2.05) is 0 Å². The molecule has 4 heteroatoms. The quantitative estimate of drug-likeness (QED) is 0.116. The molecule has 0 fully saturated rings. The molecule has 0 saturated heterocycles. The summed E-state index contributed by atoms with van der Waals surface area (Å²) in [7, 11) is 0. The van der Waals surface area contributed by atoms with Crippen LogP contribution in [0, 0.1) is 13.8 Å². The molecule has 0 amide bonds. The minimum atomic E-state index is 1.13. The Morgan fingerprint density at radius 2 is 0.387 bits per heavy atom. The molecule has 0 aliphatic heterocycles. The Hall–Kier alpha value is -13.8. The summed E-state index contributed by atoms with van der Waals surface area (Å²) in [5, 5.41) is 9.84. The highest BCUT2D eigenvalue weighted by molar-refractivity contribution is 6.05. The van der Waals surface area contributed by atoms with Crippen LogP contribution >= 0.6 is 0 Å². The van der Waals surface area contributed by atoms with Crippen LogP contribution in [-0.4, -0.2) is 18.3 Å². The van der Waals surface area contributed by atoms with Crippen molar-refractivity contribution in [3.05, 3.63) is 412 Å². The number of hydrogen-bond donors (Lipinski definition) is 0. The second-order valence-corrected chi connectivity index (χ2v) is 27.7. The van der Waals surface area contributed by atoms with E-state index in [4.69, 9.17) is 0 Å². The Kier molecular flexibility index (Phi) is 16.0. The lowest BCUT2D eigenvalue weighted by Gasteiger charge is -2.14. The van der Waals surface area contributed by atoms with Crippen molar-refractivity contribution in [1.82, 2.24) is 18.3 Å². The van der Waals surface area contributed by atoms with Crippen molar-refractivity contribution in [3.63, 3.8) is 0 Å². The van der Waals surface area contributed by atoms with Crippen molar-refractivity contribution in [2.24, 2.45) is 0 Å². The van der Waals surface area contributed by atoms with Crippen LogP contribution in [0.1, 0.15) is 11.1 Å². The standard InChI is InChI=1S/C54H36N2.C48H36N2/c1-3-15-41(16-4-1)51-33-43-35-54-44(36-53(43)55(51)45-29-25-39(26-30-45)49-23-11-19-37-13-7-9-21-47(37)49)34-52(42-17-5-2-6-18-42)56(54)46-31-27-40(28-32-46)50-24-12-20-38-14-8-10-22-48(38)50;1-33-13-9-11-19-43(33)35-21-25-41(26-22-35)49-45(37-15-5-3-6-16-37)29-39-32-48-40(31-47(39)49)30-46(38-17-7-4-8-18-38)50(48)42-27-23-36(24-28-42)44-20-12-10-14-34(44)2/h1-36H;3-32H,1-2H3. The second kappa shape index (κ2) is 26.9. The molecule has 0 unspecified atom stereocenters. The van der Waals surface area contributed by atoms with Gasteiger partial charge in [-0.05, 0) is 210 Å². The smallest absolute Gasteiger partial charge is 0.0542 e. The third kappa shape index (κ3) is 11.5. The highest BCUT2D eigenvalue weighted by Gasteiger charge is 2.22. The third-order valence-corrected chi connectivity index (χ3v) is 21.3. The van der Waals surface area contributed by atoms with Crippen LogP contribution in [0.15, 0.2) is 400 Å². The van der Waals surface area contributed by atoms with Gasteiger partial charge < -0.3 is 18.3 Å². The van der Waals surface area contributed by atoms with Gasteiger partial charge in [-0.1, -0.05) is 303 Å². The summed E-state index contributed by atoms with van der Waals surface area (Å²) in [5.41, 5.74) is 31.2. The van der Waals surface area contributed by atoms with Crippen molar-refractivity contribution < 1.29 is 0 Å². The topological polar surface area (TPSA) is 19.7 Å². The Morgan fingerprint density at radius 3 is 0.670 bits per heavy atom. The first-order valence-electron chi connectivity index (χ1n) is 36.5. The Bertz CT molecular complexity index is 6220. The van der Waals surface area contributed by atoms with Crippen LogP contribution in [0.25, 0.3) is 177 Å². The Morgan fingerprint density at radius 1 is 0.160 bits per heavy atom. The van der Waals surface area contributed by atoms with Gasteiger partial charge in [0.15, 0.2) is 0 Å². The van der Waals surface area contributed by atoms with Crippen molar-refractivity contribution in [3.8, 4) is 112 Å². The average molecular weight is 1350 g/mol. The average Bonchev–Trinajstić information content (AvgIpc) is 1.58. The fraction of sp³-hybridized carbons (Fsp3) is 0.0196. The lowest BCUT2D eigenvalue weighted by molar-refractivity contribution is 1.13. The summed E-state index contributed by atoms with van der Waals surface area (Å²) in [6.45, 7) is 4.35. The van der Waals surface area contributed by atoms with Crippen LogP contribution in [0.2, 0.25) is 0 Å². The van der Waals surface area contributed by atoms with Crippen molar-refractivity contribution in [1.29, 1.82) is 0 Å². The second-order valence-electron chi connectivity index (χ2n) is 27.7. The zero-order valence-electron chi connectivity index (χ0n) is 58.9. The van der Waals surface area contributed by atoms with Crippen LogP contribution < -0.4 is 0 Å². The lowest BCUT2D eigenvalue weighted by atomic mass is 9.98. The summed E-state index contributed by atoms with van der Waals surface area (Å²) in [6.07, 6.45) is 0. The third-order valence-electron chi connectivity index (χ3n) is 21.3. The van der Waals surface area contributed by atoms with E-state index in [0.29, 0.717) is 0 Å². The largest absolute Gasteiger partial charge is 0.309 e. The van der Waals surface area contributed by atoms with Gasteiger partial charge in [0.05, 0.1) is 44.8 Å². The number of fused-ring (bicyclic) bond motifs is 6. The van der Waals surface area contributed by atoms with Gasteiger partial charge in [-0.2, -0.15) is 0 Å². The highest BCUT2D eigenvalue weighted by Crippen LogP contribution is 2.43. The van der Waals surface area contributed by atoms with Gasteiger partial charge in [0.2, 0.25) is 0 Å². The Balaban J connectivity index is 0.000000146. The van der Waals surface area contributed by atoms with E-state index >= 15 is 0 Å². The highest BCUT2D eigenvalue weighted by atomic mass is 15.0. The maximum atomic E-state index is 2.43. The van der Waals surface area contributed by atoms with E-state index in [1.54, 1.807) is 0 Å². The van der Waals surface area contributed by atoms with E-state index in [1.165, 1.54) is 166 Å². The van der Waals surface area contributed by atoms with Gasteiger partial charge in [-0.25, -0.2) is 0 Å². The van der Waals surface area contributed by atoms with Crippen molar-refractivity contribution in [2.75, 3.05) is 0 Å². The normalized spacial score (nSPS) is 11.5. The fourth-order valence-corrected chi connectivity index (χ4v) is 16.1. The zero-order chi connectivity index (χ0) is 70.6. The SMILES string of the molecule is Cc1ccccc1-c1ccc(-n2c(-c3ccccc3)cc3cc4c(cc(-c5ccccc5)n4-c4ccc(-c5ccccc5C)cc4)cc32)cc1.c1ccc(-c2cc3cc4c(cc(-c5ccccc5)n4-c4ccc(-c5cccc6ccccc56)cc4)cc3n2-c2ccc(-c3cccc4ccccc34)cc2)cc1. The molecule has 4 nitrogen and oxygen atoms in total. The van der Waals surface area contributed by atoms with Gasteiger partial charge in [-0.15, -0.1) is 0 Å². The zero-order valence-corrected chi connectivity index (χ0v) is 58.9. The monoisotopic (exact) mass is 1350 g/mol. The first-order valence-corrected chi connectivity index (χ1v) is 36.5. The summed E-state index contributed by atoms with van der Waals surface area (Å²) < 4.78 is 9.69. The van der Waals surface area contributed by atoms with Gasteiger partial charge in [0.1, 0.15) is 0 Å². The van der Waals surface area contributed by atoms with Crippen LogP contribution in [0.4, 0.5) is 0 Å². The van der Waals surface area contributed by atoms with Gasteiger partial charge in [0.25, 0.3) is 0 Å². The summed E-state index contributed by atoms with van der Waals surface area (Å²) in [4.78, 5) is 0. The van der Waals surface area contributed by atoms with E-state index in [9.17, 15) is 0 Å². The number of nitrogens with zero attached hydrogens (tertiary/aromatic N) is 4. The molecule has 20 rings (SSSR count). The minimum Gasteiger partial charge on any atom is -0.309 e. The van der Waals surface area contributed by atoms with Crippen LogP contribution in [-0.2, 0) is 0 Å². The predicted octanol–water partition coefficient (Wildman–Crippen LogP) is 27.4. The fourth-order valence-electron chi connectivity index (χ4n) is 16.1. The molecule has 106 heavy (non-hydrogen) atoms. The van der Waals surface area contributed by atoms with E-state index in [-0.39, 0.29) is 0 Å². The van der Waals surface area contributed by atoms with Crippen LogP contribution in [0.3, 0.4) is 0 Å². The molecule has 16 aromatic carbocycles. The van der Waals surface area contributed by atoms with E-state index in [0.717, 1.165) is 22.7 Å². The number of benzene rings is 16. The van der Waals surface area contributed by atoms with Crippen molar-refractivity contribution in [2.45, 2.75) is 13.8 Å². The summed E-state index contributed by atoms with van der Waals surface area (Å²) in [5.74, 6) is 0. The number of rotatable bonds is 12. The first-order chi connectivity index (χ1) is 52.4.